The van der Waals surface area contributed by atoms with E-state index >= 15 is 0 Å². The SMILES string of the molecule is CC1(C#N)C=Nc2ccccc21. The molecule has 0 saturated carbocycles. The van der Waals surface area contributed by atoms with Crippen molar-refractivity contribution >= 4 is 11.9 Å². The van der Waals surface area contributed by atoms with Gasteiger partial charge in [-0.1, -0.05) is 18.2 Å². The first-order valence-electron chi connectivity index (χ1n) is 3.82. The Balaban J connectivity index is 2.65. The predicted molar refractivity (Wildman–Crippen MR) is 47.6 cm³/mol. The van der Waals surface area contributed by atoms with Crippen molar-refractivity contribution in [1.82, 2.24) is 0 Å². The van der Waals surface area contributed by atoms with Crippen LogP contribution in [-0.4, -0.2) is 6.21 Å². The minimum atomic E-state index is -0.517. The zero-order valence-corrected chi connectivity index (χ0v) is 6.78. The van der Waals surface area contributed by atoms with Gasteiger partial charge in [-0.2, -0.15) is 5.26 Å². The fourth-order valence-electron chi connectivity index (χ4n) is 1.38. The van der Waals surface area contributed by atoms with Crippen LogP contribution in [0.2, 0.25) is 0 Å². The van der Waals surface area contributed by atoms with Crippen LogP contribution >= 0.6 is 0 Å². The Labute approximate surface area is 71.2 Å². The standard InChI is InChI=1S/C10H8N2/c1-10(6-11)7-12-9-5-3-2-4-8(9)10/h2-5,7H,1H3. The van der Waals surface area contributed by atoms with E-state index in [1.54, 1.807) is 6.21 Å². The number of para-hydroxylation sites is 1. The summed E-state index contributed by atoms with van der Waals surface area (Å²) in [7, 11) is 0. The van der Waals surface area contributed by atoms with E-state index in [1.807, 2.05) is 31.2 Å². The van der Waals surface area contributed by atoms with Gasteiger partial charge in [-0.15, -0.1) is 0 Å². The van der Waals surface area contributed by atoms with Gasteiger partial charge in [0, 0.05) is 11.8 Å². The van der Waals surface area contributed by atoms with E-state index in [9.17, 15) is 0 Å². The molecule has 0 amide bonds. The number of hydrogen-bond acceptors (Lipinski definition) is 2. The lowest BCUT2D eigenvalue weighted by Crippen LogP contribution is -2.17. The molecule has 1 aliphatic heterocycles. The summed E-state index contributed by atoms with van der Waals surface area (Å²) in [6.07, 6.45) is 1.71. The fourth-order valence-corrected chi connectivity index (χ4v) is 1.38. The average molecular weight is 156 g/mol. The summed E-state index contributed by atoms with van der Waals surface area (Å²) in [4.78, 5) is 4.18. The van der Waals surface area contributed by atoms with Gasteiger partial charge in [0.1, 0.15) is 5.41 Å². The van der Waals surface area contributed by atoms with E-state index < -0.39 is 5.41 Å². The van der Waals surface area contributed by atoms with E-state index in [1.165, 1.54) is 0 Å². The fraction of sp³-hybridized carbons (Fsp3) is 0.200. The third kappa shape index (κ3) is 0.768. The number of fused-ring (bicyclic) bond motifs is 1. The van der Waals surface area contributed by atoms with E-state index in [-0.39, 0.29) is 0 Å². The molecule has 1 heterocycles. The van der Waals surface area contributed by atoms with Gasteiger partial charge in [0.25, 0.3) is 0 Å². The highest BCUT2D eigenvalue weighted by atomic mass is 14.8. The second-order valence-corrected chi connectivity index (χ2v) is 3.09. The van der Waals surface area contributed by atoms with Gasteiger partial charge in [0.15, 0.2) is 0 Å². The van der Waals surface area contributed by atoms with E-state index in [4.69, 9.17) is 5.26 Å². The minimum absolute atomic E-state index is 0.517. The molecule has 0 fully saturated rings. The normalized spacial score (nSPS) is 25.0. The van der Waals surface area contributed by atoms with Crippen LogP contribution in [0.1, 0.15) is 12.5 Å². The van der Waals surface area contributed by atoms with Crippen molar-refractivity contribution in [3.8, 4) is 6.07 Å². The summed E-state index contributed by atoms with van der Waals surface area (Å²) < 4.78 is 0. The summed E-state index contributed by atoms with van der Waals surface area (Å²) >= 11 is 0. The molecule has 2 nitrogen and oxygen atoms in total. The lowest BCUT2D eigenvalue weighted by molar-refractivity contribution is 0.867. The van der Waals surface area contributed by atoms with E-state index in [0.29, 0.717) is 0 Å². The van der Waals surface area contributed by atoms with Crippen molar-refractivity contribution in [2.75, 3.05) is 0 Å². The lowest BCUT2D eigenvalue weighted by atomic mass is 9.87. The van der Waals surface area contributed by atoms with Crippen molar-refractivity contribution in [3.05, 3.63) is 29.8 Å². The van der Waals surface area contributed by atoms with E-state index in [0.717, 1.165) is 11.3 Å². The highest BCUT2D eigenvalue weighted by molar-refractivity contribution is 5.87. The van der Waals surface area contributed by atoms with Crippen molar-refractivity contribution < 1.29 is 0 Å². The van der Waals surface area contributed by atoms with Gasteiger partial charge in [-0.3, -0.25) is 4.99 Å². The molecular formula is C10H8N2. The van der Waals surface area contributed by atoms with Crippen LogP contribution in [0.3, 0.4) is 0 Å². The number of benzene rings is 1. The first kappa shape index (κ1) is 7.05. The Bertz CT molecular complexity index is 387. The minimum Gasteiger partial charge on any atom is -0.259 e. The Kier molecular flexibility index (Phi) is 1.28. The van der Waals surface area contributed by atoms with Gasteiger partial charge in [0.2, 0.25) is 0 Å². The first-order chi connectivity index (χ1) is 5.76. The Morgan fingerprint density at radius 1 is 1.42 bits per heavy atom. The molecule has 1 atom stereocenters. The maximum absolute atomic E-state index is 8.93. The number of nitriles is 1. The zero-order valence-electron chi connectivity index (χ0n) is 6.78. The maximum Gasteiger partial charge on any atom is 0.116 e. The van der Waals surface area contributed by atoms with Gasteiger partial charge in [-0.25, -0.2) is 0 Å². The molecule has 0 bridgehead atoms. The first-order valence-corrected chi connectivity index (χ1v) is 3.82. The summed E-state index contributed by atoms with van der Waals surface area (Å²) in [6, 6.07) is 9.99. The molecule has 0 aliphatic carbocycles. The van der Waals surface area contributed by atoms with Gasteiger partial charge >= 0.3 is 0 Å². The number of nitrogens with zero attached hydrogens (tertiary/aromatic N) is 2. The molecule has 1 aromatic rings. The number of aliphatic imine (C=N–C) groups is 1. The maximum atomic E-state index is 8.93. The molecule has 12 heavy (non-hydrogen) atoms. The molecule has 2 rings (SSSR count). The largest absolute Gasteiger partial charge is 0.259 e. The second kappa shape index (κ2) is 2.18. The summed E-state index contributed by atoms with van der Waals surface area (Å²) in [5, 5.41) is 8.93. The van der Waals surface area contributed by atoms with Gasteiger partial charge in [0.05, 0.1) is 11.8 Å². The van der Waals surface area contributed by atoms with Crippen molar-refractivity contribution in [3.63, 3.8) is 0 Å². The molecular weight excluding hydrogens is 148 g/mol. The molecule has 0 spiro atoms. The molecule has 0 aromatic heterocycles. The third-order valence-corrected chi connectivity index (χ3v) is 2.16. The molecule has 0 saturated heterocycles. The van der Waals surface area contributed by atoms with Crippen LogP contribution in [0, 0.1) is 11.3 Å². The van der Waals surface area contributed by atoms with Crippen LogP contribution in [0.15, 0.2) is 29.3 Å². The number of rotatable bonds is 0. The molecule has 0 N–H and O–H groups in total. The average Bonchev–Trinajstić information content (AvgIpc) is 2.46. The van der Waals surface area contributed by atoms with Crippen molar-refractivity contribution in [1.29, 1.82) is 5.26 Å². The smallest absolute Gasteiger partial charge is 0.116 e. The van der Waals surface area contributed by atoms with Crippen LogP contribution < -0.4 is 0 Å². The van der Waals surface area contributed by atoms with Crippen LogP contribution in [0.25, 0.3) is 0 Å². The third-order valence-electron chi connectivity index (χ3n) is 2.16. The molecule has 2 heteroatoms. The van der Waals surface area contributed by atoms with Crippen molar-refractivity contribution in [2.24, 2.45) is 4.99 Å². The summed E-state index contributed by atoms with van der Waals surface area (Å²) in [5.74, 6) is 0. The molecule has 1 aromatic carbocycles. The molecule has 1 aliphatic rings. The van der Waals surface area contributed by atoms with Crippen LogP contribution in [0.5, 0.6) is 0 Å². The zero-order chi connectivity index (χ0) is 8.60. The van der Waals surface area contributed by atoms with Gasteiger partial charge < -0.3 is 0 Å². The number of hydrogen-bond donors (Lipinski definition) is 0. The van der Waals surface area contributed by atoms with Crippen molar-refractivity contribution in [2.45, 2.75) is 12.3 Å². The Morgan fingerprint density at radius 3 is 2.92 bits per heavy atom. The van der Waals surface area contributed by atoms with Gasteiger partial charge in [-0.05, 0) is 13.0 Å². The second-order valence-electron chi connectivity index (χ2n) is 3.09. The lowest BCUT2D eigenvalue weighted by Gasteiger charge is -2.11. The molecule has 1 unspecified atom stereocenters. The highest BCUT2D eigenvalue weighted by Crippen LogP contribution is 2.35. The Hall–Kier alpha value is -1.62. The predicted octanol–water partition coefficient (Wildman–Crippen LogP) is 2.18. The Morgan fingerprint density at radius 2 is 2.17 bits per heavy atom. The topological polar surface area (TPSA) is 36.1 Å². The molecule has 58 valence electrons. The van der Waals surface area contributed by atoms with Crippen LogP contribution in [-0.2, 0) is 5.41 Å². The van der Waals surface area contributed by atoms with E-state index in [2.05, 4.69) is 11.1 Å². The highest BCUT2D eigenvalue weighted by Gasteiger charge is 2.30. The quantitative estimate of drug-likeness (QED) is 0.567. The van der Waals surface area contributed by atoms with Crippen LogP contribution in [0.4, 0.5) is 5.69 Å². The summed E-state index contributed by atoms with van der Waals surface area (Å²) in [5.41, 5.74) is 1.41. The molecule has 0 radical (unpaired) electrons. The summed E-state index contributed by atoms with van der Waals surface area (Å²) in [6.45, 7) is 1.88. The monoisotopic (exact) mass is 156 g/mol.